The van der Waals surface area contributed by atoms with Crippen molar-refractivity contribution in [1.29, 1.82) is 5.26 Å². The summed E-state index contributed by atoms with van der Waals surface area (Å²) >= 11 is 0. The van der Waals surface area contributed by atoms with Gasteiger partial charge in [-0.1, -0.05) is 24.3 Å². The lowest BCUT2D eigenvalue weighted by atomic mass is 9.95. The summed E-state index contributed by atoms with van der Waals surface area (Å²) in [5.74, 6) is 0.403. The first-order valence-corrected chi connectivity index (χ1v) is 7.68. The molecule has 1 aromatic carbocycles. The summed E-state index contributed by atoms with van der Waals surface area (Å²) < 4.78 is 0. The van der Waals surface area contributed by atoms with Crippen LogP contribution >= 0.6 is 0 Å². The zero-order valence-corrected chi connectivity index (χ0v) is 12.2. The zero-order chi connectivity index (χ0) is 15.2. The highest BCUT2D eigenvalue weighted by molar-refractivity contribution is 5.92. The second-order valence-corrected chi connectivity index (χ2v) is 6.34. The van der Waals surface area contributed by atoms with Crippen molar-refractivity contribution in [2.24, 2.45) is 5.92 Å². The minimum absolute atomic E-state index is 0.130. The largest absolute Gasteiger partial charge is 0.356 e. The third-order valence-corrected chi connectivity index (χ3v) is 5.19. The van der Waals surface area contributed by atoms with Crippen molar-refractivity contribution in [3.8, 4) is 6.07 Å². The van der Waals surface area contributed by atoms with E-state index in [1.54, 1.807) is 12.3 Å². The molecule has 1 amide bonds. The summed E-state index contributed by atoms with van der Waals surface area (Å²) in [7, 11) is 0. The van der Waals surface area contributed by atoms with Crippen molar-refractivity contribution in [2.75, 3.05) is 6.54 Å². The number of nitriles is 1. The van der Waals surface area contributed by atoms with Gasteiger partial charge in [0, 0.05) is 18.2 Å². The Kier molecular flexibility index (Phi) is 2.83. The number of hydrogen-bond donors (Lipinski definition) is 2. The lowest BCUT2D eigenvalue weighted by Crippen LogP contribution is -2.27. The highest BCUT2D eigenvalue weighted by Crippen LogP contribution is 2.61. The number of aromatic nitrogens is 1. The molecule has 110 valence electrons. The second kappa shape index (κ2) is 4.74. The predicted molar refractivity (Wildman–Crippen MR) is 82.4 cm³/mol. The number of rotatable bonds is 3. The van der Waals surface area contributed by atoms with Gasteiger partial charge in [0.05, 0.1) is 5.56 Å². The number of H-pyrrole nitrogens is 1. The van der Waals surface area contributed by atoms with E-state index in [1.807, 2.05) is 6.07 Å². The van der Waals surface area contributed by atoms with Gasteiger partial charge in [0.15, 0.2) is 0 Å². The van der Waals surface area contributed by atoms with E-state index in [0.29, 0.717) is 29.1 Å². The molecule has 2 N–H and O–H groups in total. The number of carbonyl (C=O) groups is 1. The molecule has 2 aromatic rings. The normalized spacial score (nSPS) is 24.8. The molecule has 22 heavy (non-hydrogen) atoms. The third-order valence-electron chi connectivity index (χ3n) is 5.19. The van der Waals surface area contributed by atoms with Crippen LogP contribution in [0.15, 0.2) is 36.5 Å². The number of carbonyl (C=O) groups excluding carboxylic acids is 1. The molecule has 4 heteroatoms. The molecule has 4 rings (SSSR count). The second-order valence-electron chi connectivity index (χ2n) is 6.34. The summed E-state index contributed by atoms with van der Waals surface area (Å²) in [4.78, 5) is 14.9. The van der Waals surface area contributed by atoms with E-state index in [0.717, 1.165) is 6.42 Å². The Labute approximate surface area is 129 Å². The summed E-state index contributed by atoms with van der Waals surface area (Å²) in [5.41, 5.74) is 4.20. The number of hydrogen-bond acceptors (Lipinski definition) is 2. The van der Waals surface area contributed by atoms with E-state index in [9.17, 15) is 4.79 Å². The molecule has 4 nitrogen and oxygen atoms in total. The lowest BCUT2D eigenvalue weighted by Gasteiger charge is -2.12. The van der Waals surface area contributed by atoms with Gasteiger partial charge in [0.25, 0.3) is 5.91 Å². The van der Waals surface area contributed by atoms with Crippen molar-refractivity contribution >= 4 is 5.91 Å². The van der Waals surface area contributed by atoms with E-state index in [2.05, 4.69) is 34.6 Å². The Morgan fingerprint density at radius 3 is 3.14 bits per heavy atom. The number of fused-ring (bicyclic) bond motifs is 2. The Morgan fingerprint density at radius 2 is 2.32 bits per heavy atom. The minimum Gasteiger partial charge on any atom is -0.356 e. The van der Waals surface area contributed by atoms with E-state index >= 15 is 0 Å². The summed E-state index contributed by atoms with van der Waals surface area (Å²) in [5, 5.41) is 11.8. The van der Waals surface area contributed by atoms with E-state index in [4.69, 9.17) is 5.26 Å². The highest BCUT2D eigenvalue weighted by Gasteiger charge is 2.57. The first-order chi connectivity index (χ1) is 10.7. The van der Waals surface area contributed by atoms with Gasteiger partial charge < -0.3 is 10.3 Å². The van der Waals surface area contributed by atoms with Gasteiger partial charge in [-0.05, 0) is 42.4 Å². The minimum atomic E-state index is -0.130. The van der Waals surface area contributed by atoms with Gasteiger partial charge in [0.1, 0.15) is 11.8 Å². The Bertz CT molecular complexity index is 786. The summed E-state index contributed by atoms with van der Waals surface area (Å²) in [6.45, 7) is 0.702. The topological polar surface area (TPSA) is 68.7 Å². The molecule has 2 aliphatic carbocycles. The van der Waals surface area contributed by atoms with E-state index in [1.165, 1.54) is 24.0 Å². The fraction of sp³-hybridized carbons (Fsp3) is 0.333. The molecule has 1 spiro atoms. The number of amides is 1. The zero-order valence-electron chi connectivity index (χ0n) is 12.2. The Balaban J connectivity index is 1.41. The number of nitrogens with zero attached hydrogens (tertiary/aromatic N) is 1. The van der Waals surface area contributed by atoms with Crippen LogP contribution in [0.25, 0.3) is 0 Å². The molecule has 0 bridgehead atoms. The van der Waals surface area contributed by atoms with Gasteiger partial charge >= 0.3 is 0 Å². The molecule has 0 radical (unpaired) electrons. The SMILES string of the molecule is N#Cc1c[nH]c(C(=O)NC[C@H]2C[C@@]23CCc2ccccc23)c1. The number of aromatic amines is 1. The van der Waals surface area contributed by atoms with Gasteiger partial charge in [0.2, 0.25) is 0 Å². The van der Waals surface area contributed by atoms with Crippen molar-refractivity contribution in [3.63, 3.8) is 0 Å². The fourth-order valence-corrected chi connectivity index (χ4v) is 3.90. The first-order valence-electron chi connectivity index (χ1n) is 7.68. The average molecular weight is 291 g/mol. The lowest BCUT2D eigenvalue weighted by molar-refractivity contribution is 0.0946. The van der Waals surface area contributed by atoms with Gasteiger partial charge in [-0.2, -0.15) is 5.26 Å². The van der Waals surface area contributed by atoms with Crippen LogP contribution in [0.3, 0.4) is 0 Å². The smallest absolute Gasteiger partial charge is 0.267 e. The predicted octanol–water partition coefficient (Wildman–Crippen LogP) is 2.52. The van der Waals surface area contributed by atoms with Crippen LogP contribution < -0.4 is 5.32 Å². The van der Waals surface area contributed by atoms with Crippen molar-refractivity contribution in [2.45, 2.75) is 24.7 Å². The molecule has 1 saturated carbocycles. The first kappa shape index (κ1) is 13.1. The van der Waals surface area contributed by atoms with Gasteiger partial charge in [-0.15, -0.1) is 0 Å². The molecular formula is C18H17N3O. The van der Waals surface area contributed by atoms with Crippen LogP contribution in [0, 0.1) is 17.2 Å². The maximum atomic E-state index is 12.1. The summed E-state index contributed by atoms with van der Waals surface area (Å²) in [6, 6.07) is 12.3. The molecule has 2 aliphatic rings. The molecule has 0 saturated heterocycles. The number of benzene rings is 1. The maximum absolute atomic E-state index is 12.1. The molecule has 1 heterocycles. The number of aryl methyl sites for hydroxylation is 1. The van der Waals surface area contributed by atoms with Crippen LogP contribution in [0.1, 0.15) is 40.0 Å². The van der Waals surface area contributed by atoms with E-state index in [-0.39, 0.29) is 5.91 Å². The molecule has 1 aromatic heterocycles. The van der Waals surface area contributed by atoms with Crippen LogP contribution in [0.2, 0.25) is 0 Å². The monoisotopic (exact) mass is 291 g/mol. The van der Waals surface area contributed by atoms with Crippen LogP contribution in [0.5, 0.6) is 0 Å². The highest BCUT2D eigenvalue weighted by atomic mass is 16.1. The molecule has 1 fully saturated rings. The Hall–Kier alpha value is -2.54. The number of nitrogens with one attached hydrogen (secondary N) is 2. The summed E-state index contributed by atoms with van der Waals surface area (Å²) in [6.07, 6.45) is 5.08. The van der Waals surface area contributed by atoms with Crippen LogP contribution in [0.4, 0.5) is 0 Å². The van der Waals surface area contributed by atoms with E-state index < -0.39 is 0 Å². The van der Waals surface area contributed by atoms with Crippen molar-refractivity contribution in [1.82, 2.24) is 10.3 Å². The van der Waals surface area contributed by atoms with Gasteiger partial charge in [-0.25, -0.2) is 0 Å². The molecule has 0 aliphatic heterocycles. The average Bonchev–Trinajstić information content (AvgIpc) is 2.89. The molecule has 2 atom stereocenters. The van der Waals surface area contributed by atoms with Gasteiger partial charge in [-0.3, -0.25) is 4.79 Å². The standard InChI is InChI=1S/C18H17N3O/c19-9-12-7-16(20-10-12)17(22)21-11-14-8-18(14)6-5-13-3-1-2-4-15(13)18/h1-4,7,10,14,20H,5-6,8,11H2,(H,21,22)/t14-,18+/m1/s1. The molecular weight excluding hydrogens is 274 g/mol. The Morgan fingerprint density at radius 1 is 1.45 bits per heavy atom. The quantitative estimate of drug-likeness (QED) is 0.912. The molecule has 0 unspecified atom stereocenters. The van der Waals surface area contributed by atoms with Crippen molar-refractivity contribution < 1.29 is 4.79 Å². The third kappa shape index (κ3) is 1.93. The fourth-order valence-electron chi connectivity index (χ4n) is 3.90. The van der Waals surface area contributed by atoms with Crippen molar-refractivity contribution in [3.05, 3.63) is 58.9 Å². The van der Waals surface area contributed by atoms with Crippen LogP contribution in [-0.4, -0.2) is 17.4 Å². The maximum Gasteiger partial charge on any atom is 0.267 e. The van der Waals surface area contributed by atoms with Crippen LogP contribution in [-0.2, 0) is 11.8 Å².